The van der Waals surface area contributed by atoms with Crippen molar-refractivity contribution in [1.82, 2.24) is 0 Å². The molecule has 0 aliphatic rings. The SMILES string of the molecule is CCc1ccccc1Oc1ccc(CO)cc1C(F)(F)F. The van der Waals surface area contributed by atoms with Gasteiger partial charge in [0, 0.05) is 0 Å². The zero-order valence-corrected chi connectivity index (χ0v) is 11.4. The van der Waals surface area contributed by atoms with E-state index < -0.39 is 18.3 Å². The Morgan fingerprint density at radius 1 is 1.05 bits per heavy atom. The Hall–Kier alpha value is -2.01. The molecule has 2 aromatic rings. The second-order valence-corrected chi connectivity index (χ2v) is 4.55. The minimum Gasteiger partial charge on any atom is -0.456 e. The van der Waals surface area contributed by atoms with Crippen molar-refractivity contribution < 1.29 is 23.0 Å². The molecule has 0 spiro atoms. The van der Waals surface area contributed by atoms with Gasteiger partial charge in [-0.15, -0.1) is 0 Å². The summed E-state index contributed by atoms with van der Waals surface area (Å²) in [5.74, 6) is 0.142. The first-order valence-electron chi connectivity index (χ1n) is 6.52. The molecule has 0 radical (unpaired) electrons. The van der Waals surface area contributed by atoms with E-state index in [0.717, 1.165) is 11.6 Å². The summed E-state index contributed by atoms with van der Waals surface area (Å²) in [6.45, 7) is 1.45. The Morgan fingerprint density at radius 2 is 1.76 bits per heavy atom. The van der Waals surface area contributed by atoms with Gasteiger partial charge in [-0.2, -0.15) is 13.2 Å². The largest absolute Gasteiger partial charge is 0.456 e. The van der Waals surface area contributed by atoms with Crippen LogP contribution in [0.3, 0.4) is 0 Å². The number of hydrogen-bond donors (Lipinski definition) is 1. The molecule has 0 saturated carbocycles. The van der Waals surface area contributed by atoms with Crippen LogP contribution in [-0.2, 0) is 19.2 Å². The maximum Gasteiger partial charge on any atom is 0.419 e. The summed E-state index contributed by atoms with van der Waals surface area (Å²) in [5, 5.41) is 8.98. The Kier molecular flexibility index (Phi) is 4.53. The van der Waals surface area contributed by atoms with Gasteiger partial charge < -0.3 is 9.84 Å². The number of para-hydroxylation sites is 1. The molecule has 0 atom stereocenters. The number of halogens is 3. The number of ether oxygens (including phenoxy) is 1. The van der Waals surface area contributed by atoms with Crippen molar-refractivity contribution >= 4 is 0 Å². The van der Waals surface area contributed by atoms with Crippen LogP contribution in [0, 0.1) is 0 Å². The van der Waals surface area contributed by atoms with Crippen molar-refractivity contribution in [2.24, 2.45) is 0 Å². The first-order valence-corrected chi connectivity index (χ1v) is 6.52. The van der Waals surface area contributed by atoms with Gasteiger partial charge in [0.2, 0.25) is 0 Å². The standard InChI is InChI=1S/C16H15F3O2/c1-2-12-5-3-4-6-14(12)21-15-8-7-11(10-20)9-13(15)16(17,18)19/h3-9,20H,2,10H2,1H3. The van der Waals surface area contributed by atoms with Crippen LogP contribution in [0.2, 0.25) is 0 Å². The molecule has 1 N–H and O–H groups in total. The maximum atomic E-state index is 13.1. The highest BCUT2D eigenvalue weighted by molar-refractivity contribution is 5.44. The summed E-state index contributed by atoms with van der Waals surface area (Å²) in [4.78, 5) is 0. The highest BCUT2D eigenvalue weighted by Crippen LogP contribution is 2.39. The molecule has 0 aliphatic carbocycles. The van der Waals surface area contributed by atoms with Gasteiger partial charge in [-0.3, -0.25) is 0 Å². The van der Waals surface area contributed by atoms with Crippen molar-refractivity contribution in [3.8, 4) is 11.5 Å². The van der Waals surface area contributed by atoms with Crippen LogP contribution in [0.4, 0.5) is 13.2 Å². The fraction of sp³-hybridized carbons (Fsp3) is 0.250. The molecule has 0 heterocycles. The van der Waals surface area contributed by atoms with E-state index in [1.165, 1.54) is 12.1 Å². The topological polar surface area (TPSA) is 29.5 Å². The van der Waals surface area contributed by atoms with E-state index in [1.54, 1.807) is 12.1 Å². The Labute approximate surface area is 120 Å². The van der Waals surface area contributed by atoms with Crippen LogP contribution in [-0.4, -0.2) is 5.11 Å². The van der Waals surface area contributed by atoms with Crippen LogP contribution in [0.5, 0.6) is 11.5 Å². The van der Waals surface area contributed by atoms with Gasteiger partial charge in [0.15, 0.2) is 0 Å². The van der Waals surface area contributed by atoms with E-state index in [2.05, 4.69) is 0 Å². The Balaban J connectivity index is 2.44. The van der Waals surface area contributed by atoms with E-state index >= 15 is 0 Å². The van der Waals surface area contributed by atoms with E-state index in [-0.39, 0.29) is 11.3 Å². The van der Waals surface area contributed by atoms with Crippen LogP contribution >= 0.6 is 0 Å². The zero-order chi connectivity index (χ0) is 15.5. The minimum atomic E-state index is -4.54. The molecule has 112 valence electrons. The van der Waals surface area contributed by atoms with Crippen LogP contribution < -0.4 is 4.74 Å². The van der Waals surface area contributed by atoms with Gasteiger partial charge in [0.05, 0.1) is 12.2 Å². The van der Waals surface area contributed by atoms with Gasteiger partial charge in [-0.25, -0.2) is 0 Å². The first-order chi connectivity index (χ1) is 9.95. The molecule has 2 nitrogen and oxygen atoms in total. The number of alkyl halides is 3. The van der Waals surface area contributed by atoms with Crippen LogP contribution in [0.15, 0.2) is 42.5 Å². The molecular formula is C16H15F3O2. The second kappa shape index (κ2) is 6.18. The molecule has 0 aliphatic heterocycles. The minimum absolute atomic E-state index is 0.193. The van der Waals surface area contributed by atoms with E-state index in [9.17, 15) is 13.2 Å². The van der Waals surface area contributed by atoms with Gasteiger partial charge in [0.1, 0.15) is 11.5 Å². The number of aliphatic hydroxyl groups excluding tert-OH is 1. The molecule has 0 aromatic heterocycles. The molecule has 2 aromatic carbocycles. The average Bonchev–Trinajstić information content (AvgIpc) is 2.47. The third kappa shape index (κ3) is 3.55. The van der Waals surface area contributed by atoms with Gasteiger partial charge in [-0.05, 0) is 35.7 Å². The number of aryl methyl sites for hydroxylation is 1. The van der Waals surface area contributed by atoms with E-state index in [1.807, 2.05) is 19.1 Å². The monoisotopic (exact) mass is 296 g/mol. The van der Waals surface area contributed by atoms with E-state index in [4.69, 9.17) is 9.84 Å². The lowest BCUT2D eigenvalue weighted by Gasteiger charge is -2.16. The summed E-state index contributed by atoms with van der Waals surface area (Å²) in [6.07, 6.45) is -3.88. The predicted molar refractivity (Wildman–Crippen MR) is 73.3 cm³/mol. The number of benzene rings is 2. The second-order valence-electron chi connectivity index (χ2n) is 4.55. The number of aliphatic hydroxyl groups is 1. The van der Waals surface area contributed by atoms with Crippen molar-refractivity contribution in [2.75, 3.05) is 0 Å². The lowest BCUT2D eigenvalue weighted by molar-refractivity contribution is -0.138. The molecule has 21 heavy (non-hydrogen) atoms. The molecule has 0 bridgehead atoms. The van der Waals surface area contributed by atoms with Crippen molar-refractivity contribution in [2.45, 2.75) is 26.1 Å². The Bertz CT molecular complexity index is 621. The molecule has 0 saturated heterocycles. The van der Waals surface area contributed by atoms with Crippen LogP contribution in [0.25, 0.3) is 0 Å². The first kappa shape index (κ1) is 15.4. The number of rotatable bonds is 4. The summed E-state index contributed by atoms with van der Waals surface area (Å²) < 4.78 is 44.7. The third-order valence-corrected chi connectivity index (χ3v) is 3.11. The van der Waals surface area contributed by atoms with Gasteiger partial charge >= 0.3 is 6.18 Å². The van der Waals surface area contributed by atoms with Gasteiger partial charge in [-0.1, -0.05) is 31.2 Å². The lowest BCUT2D eigenvalue weighted by Crippen LogP contribution is -2.08. The Morgan fingerprint density at radius 3 is 2.38 bits per heavy atom. The summed E-state index contributed by atoms with van der Waals surface area (Å²) >= 11 is 0. The van der Waals surface area contributed by atoms with Crippen molar-refractivity contribution in [3.05, 3.63) is 59.2 Å². The van der Waals surface area contributed by atoms with Crippen molar-refractivity contribution in [1.29, 1.82) is 0 Å². The summed E-state index contributed by atoms with van der Waals surface area (Å²) in [7, 11) is 0. The smallest absolute Gasteiger partial charge is 0.419 e. The number of hydrogen-bond acceptors (Lipinski definition) is 2. The normalized spacial score (nSPS) is 11.5. The highest BCUT2D eigenvalue weighted by Gasteiger charge is 2.35. The third-order valence-electron chi connectivity index (χ3n) is 3.11. The van der Waals surface area contributed by atoms with Gasteiger partial charge in [0.25, 0.3) is 0 Å². The molecule has 0 amide bonds. The summed E-state index contributed by atoms with van der Waals surface area (Å²) in [6, 6.07) is 10.5. The molecule has 0 unspecified atom stereocenters. The van der Waals surface area contributed by atoms with E-state index in [0.29, 0.717) is 12.2 Å². The average molecular weight is 296 g/mol. The summed E-state index contributed by atoms with van der Waals surface area (Å²) in [5.41, 5.74) is 0.135. The predicted octanol–water partition coefficient (Wildman–Crippen LogP) is 4.55. The lowest BCUT2D eigenvalue weighted by atomic mass is 10.1. The maximum absolute atomic E-state index is 13.1. The quantitative estimate of drug-likeness (QED) is 0.896. The molecule has 0 fully saturated rings. The zero-order valence-electron chi connectivity index (χ0n) is 11.4. The molecular weight excluding hydrogens is 281 g/mol. The molecule has 2 rings (SSSR count). The van der Waals surface area contributed by atoms with Crippen molar-refractivity contribution in [3.63, 3.8) is 0 Å². The highest BCUT2D eigenvalue weighted by atomic mass is 19.4. The fourth-order valence-corrected chi connectivity index (χ4v) is 2.00. The molecule has 5 heteroatoms. The fourth-order valence-electron chi connectivity index (χ4n) is 2.00. The van der Waals surface area contributed by atoms with Crippen LogP contribution in [0.1, 0.15) is 23.6 Å².